The molecule has 0 saturated carbocycles. The molecule has 2 aromatic rings. The zero-order valence-corrected chi connectivity index (χ0v) is 11.7. The van der Waals surface area contributed by atoms with Gasteiger partial charge in [-0.1, -0.05) is 18.2 Å². The summed E-state index contributed by atoms with van der Waals surface area (Å²) < 4.78 is 1.86. The Balaban J connectivity index is 1.95. The number of nitrogens with zero attached hydrogens (tertiary/aromatic N) is 3. The number of aryl methyl sites for hydroxylation is 1. The van der Waals surface area contributed by atoms with Gasteiger partial charge in [0.05, 0.1) is 0 Å². The van der Waals surface area contributed by atoms with Crippen LogP contribution in [0.2, 0.25) is 0 Å². The number of hydrogen-bond acceptors (Lipinski definition) is 4. The highest BCUT2D eigenvalue weighted by molar-refractivity contribution is 5.56. The molecule has 1 unspecified atom stereocenters. The third-order valence-corrected chi connectivity index (χ3v) is 3.79. The van der Waals surface area contributed by atoms with E-state index in [0.29, 0.717) is 5.82 Å². The van der Waals surface area contributed by atoms with Gasteiger partial charge in [0.1, 0.15) is 11.9 Å². The lowest BCUT2D eigenvalue weighted by molar-refractivity contribution is 0.206. The van der Waals surface area contributed by atoms with Gasteiger partial charge in [0.15, 0.2) is 0 Å². The number of imidazole rings is 1. The molecule has 0 amide bonds. The highest BCUT2D eigenvalue weighted by Gasteiger charge is 2.21. The molecule has 1 saturated heterocycles. The first-order valence-electron chi connectivity index (χ1n) is 6.97. The smallest absolute Gasteiger partial charge is 0.142 e. The fourth-order valence-electron chi connectivity index (χ4n) is 2.69. The van der Waals surface area contributed by atoms with Gasteiger partial charge < -0.3 is 19.9 Å². The normalized spacial score (nSPS) is 17.2. The molecular weight excluding hydrogens is 252 g/mol. The van der Waals surface area contributed by atoms with Gasteiger partial charge in [-0.05, 0) is 6.07 Å². The van der Waals surface area contributed by atoms with Gasteiger partial charge in [-0.15, -0.1) is 0 Å². The van der Waals surface area contributed by atoms with Gasteiger partial charge in [0.2, 0.25) is 0 Å². The molecule has 0 aliphatic carbocycles. The summed E-state index contributed by atoms with van der Waals surface area (Å²) in [6.45, 7) is 3.88. The summed E-state index contributed by atoms with van der Waals surface area (Å²) >= 11 is 0. The number of aromatic nitrogens is 2. The second-order valence-corrected chi connectivity index (χ2v) is 5.09. The van der Waals surface area contributed by atoms with Crippen molar-refractivity contribution in [2.24, 2.45) is 7.05 Å². The molecule has 1 fully saturated rings. The second-order valence-electron chi connectivity index (χ2n) is 5.09. The fourth-order valence-corrected chi connectivity index (χ4v) is 2.69. The lowest BCUT2D eigenvalue weighted by Crippen LogP contribution is -2.44. The van der Waals surface area contributed by atoms with E-state index in [2.05, 4.69) is 21.3 Å². The molecule has 2 N–H and O–H groups in total. The van der Waals surface area contributed by atoms with Crippen LogP contribution in [0.5, 0.6) is 0 Å². The summed E-state index contributed by atoms with van der Waals surface area (Å²) in [6.07, 6.45) is 2.87. The van der Waals surface area contributed by atoms with Gasteiger partial charge >= 0.3 is 0 Å². The van der Waals surface area contributed by atoms with Gasteiger partial charge in [-0.25, -0.2) is 4.98 Å². The number of rotatable bonds is 3. The van der Waals surface area contributed by atoms with Crippen molar-refractivity contribution in [2.75, 3.05) is 31.1 Å². The van der Waals surface area contributed by atoms with Crippen LogP contribution in [0.15, 0.2) is 36.7 Å². The van der Waals surface area contributed by atoms with E-state index in [1.807, 2.05) is 36.0 Å². The molecular formula is C15H20N4O. The molecule has 0 radical (unpaired) electrons. The molecule has 1 aliphatic rings. The van der Waals surface area contributed by atoms with E-state index in [9.17, 15) is 5.11 Å². The van der Waals surface area contributed by atoms with E-state index in [-0.39, 0.29) is 0 Å². The molecule has 5 nitrogen and oxygen atoms in total. The van der Waals surface area contributed by atoms with Crippen molar-refractivity contribution in [2.45, 2.75) is 6.10 Å². The number of aliphatic hydroxyl groups excluding tert-OH is 1. The Hall–Kier alpha value is -1.85. The molecule has 3 rings (SSSR count). The van der Waals surface area contributed by atoms with E-state index >= 15 is 0 Å². The predicted molar refractivity (Wildman–Crippen MR) is 78.8 cm³/mol. The minimum absolute atomic E-state index is 0.674. The number of piperazine rings is 1. The van der Waals surface area contributed by atoms with Gasteiger partial charge in [0.25, 0.3) is 0 Å². The van der Waals surface area contributed by atoms with E-state index in [1.165, 1.54) is 0 Å². The Kier molecular flexibility index (Phi) is 3.71. The minimum Gasteiger partial charge on any atom is -0.380 e. The zero-order chi connectivity index (χ0) is 13.9. The number of benzene rings is 1. The minimum atomic E-state index is -0.693. The molecule has 0 bridgehead atoms. The highest BCUT2D eigenvalue weighted by atomic mass is 16.3. The number of hydrogen-bond donors (Lipinski definition) is 2. The fraction of sp³-hybridized carbons (Fsp3) is 0.400. The van der Waals surface area contributed by atoms with Crippen molar-refractivity contribution in [1.29, 1.82) is 0 Å². The summed E-state index contributed by atoms with van der Waals surface area (Å²) in [5.74, 6) is 0.674. The quantitative estimate of drug-likeness (QED) is 0.872. The molecule has 1 aliphatic heterocycles. The number of anilines is 1. The molecule has 1 aromatic carbocycles. The number of aliphatic hydroxyl groups is 1. The first kappa shape index (κ1) is 13.1. The van der Waals surface area contributed by atoms with Crippen LogP contribution in [0, 0.1) is 0 Å². The SMILES string of the molecule is Cn1ccnc1C(O)c1ccccc1N1CCNCC1. The highest BCUT2D eigenvalue weighted by Crippen LogP contribution is 2.30. The van der Waals surface area contributed by atoms with Crippen LogP contribution < -0.4 is 10.2 Å². The van der Waals surface area contributed by atoms with Crippen LogP contribution in [0.4, 0.5) is 5.69 Å². The predicted octanol–water partition coefficient (Wildman–Crippen LogP) is 0.911. The van der Waals surface area contributed by atoms with Crippen molar-refractivity contribution in [3.05, 3.63) is 48.0 Å². The lowest BCUT2D eigenvalue weighted by Gasteiger charge is -2.32. The zero-order valence-electron chi connectivity index (χ0n) is 11.7. The molecule has 0 spiro atoms. The monoisotopic (exact) mass is 272 g/mol. The molecule has 20 heavy (non-hydrogen) atoms. The van der Waals surface area contributed by atoms with Crippen molar-refractivity contribution in [1.82, 2.24) is 14.9 Å². The second kappa shape index (κ2) is 5.64. The Morgan fingerprint density at radius 1 is 1.25 bits per heavy atom. The third-order valence-electron chi connectivity index (χ3n) is 3.79. The summed E-state index contributed by atoms with van der Waals surface area (Å²) in [6, 6.07) is 8.04. The van der Waals surface area contributed by atoms with E-state index in [0.717, 1.165) is 37.4 Å². The van der Waals surface area contributed by atoms with Gasteiger partial charge in [0, 0.05) is 56.9 Å². The summed E-state index contributed by atoms with van der Waals surface area (Å²) in [4.78, 5) is 6.58. The van der Waals surface area contributed by atoms with Crippen LogP contribution in [0.3, 0.4) is 0 Å². The van der Waals surface area contributed by atoms with Crippen LogP contribution >= 0.6 is 0 Å². The van der Waals surface area contributed by atoms with Crippen LogP contribution in [-0.4, -0.2) is 40.8 Å². The standard InChI is InChI=1S/C15H20N4O/c1-18-9-8-17-15(18)14(20)12-4-2-3-5-13(12)19-10-6-16-7-11-19/h2-5,8-9,14,16,20H,6-7,10-11H2,1H3. The Labute approximate surface area is 118 Å². The largest absolute Gasteiger partial charge is 0.380 e. The summed E-state index contributed by atoms with van der Waals surface area (Å²) in [7, 11) is 1.90. The number of nitrogens with one attached hydrogen (secondary N) is 1. The maximum Gasteiger partial charge on any atom is 0.142 e. The summed E-state index contributed by atoms with van der Waals surface area (Å²) in [5, 5.41) is 14.0. The first-order chi connectivity index (χ1) is 9.77. The Bertz CT molecular complexity index is 575. The van der Waals surface area contributed by atoms with Crippen LogP contribution in [-0.2, 0) is 7.05 Å². The van der Waals surface area contributed by atoms with Gasteiger partial charge in [-0.3, -0.25) is 0 Å². The van der Waals surface area contributed by atoms with Crippen molar-refractivity contribution < 1.29 is 5.11 Å². The topological polar surface area (TPSA) is 53.3 Å². The van der Waals surface area contributed by atoms with Crippen molar-refractivity contribution in [3.63, 3.8) is 0 Å². The van der Waals surface area contributed by atoms with E-state index in [4.69, 9.17) is 0 Å². The molecule has 106 valence electrons. The number of para-hydroxylation sites is 1. The maximum atomic E-state index is 10.6. The Morgan fingerprint density at radius 3 is 2.70 bits per heavy atom. The van der Waals surface area contributed by atoms with E-state index in [1.54, 1.807) is 6.20 Å². The van der Waals surface area contributed by atoms with Crippen molar-refractivity contribution >= 4 is 5.69 Å². The third kappa shape index (κ3) is 2.42. The summed E-state index contributed by atoms with van der Waals surface area (Å²) in [5.41, 5.74) is 2.02. The maximum absolute atomic E-state index is 10.6. The molecule has 1 aromatic heterocycles. The first-order valence-corrected chi connectivity index (χ1v) is 6.97. The molecule has 5 heteroatoms. The molecule has 1 atom stereocenters. The average molecular weight is 272 g/mol. The molecule has 2 heterocycles. The Morgan fingerprint density at radius 2 is 2.00 bits per heavy atom. The average Bonchev–Trinajstić information content (AvgIpc) is 2.93. The van der Waals surface area contributed by atoms with Gasteiger partial charge in [-0.2, -0.15) is 0 Å². The van der Waals surface area contributed by atoms with Crippen molar-refractivity contribution in [3.8, 4) is 0 Å². The lowest BCUT2D eigenvalue weighted by atomic mass is 10.0. The van der Waals surface area contributed by atoms with Crippen LogP contribution in [0.25, 0.3) is 0 Å². The van der Waals surface area contributed by atoms with E-state index < -0.39 is 6.10 Å². The van der Waals surface area contributed by atoms with Crippen LogP contribution in [0.1, 0.15) is 17.5 Å².